The number of halogens is 1. The molecule has 0 spiro atoms. The van der Waals surface area contributed by atoms with E-state index in [0.717, 1.165) is 50.1 Å². The summed E-state index contributed by atoms with van der Waals surface area (Å²) in [5.74, 6) is 0.649. The van der Waals surface area contributed by atoms with E-state index in [1.807, 2.05) is 38.1 Å². The van der Waals surface area contributed by atoms with Gasteiger partial charge >= 0.3 is 0 Å². The highest BCUT2D eigenvalue weighted by molar-refractivity contribution is 14.0. The third-order valence-corrected chi connectivity index (χ3v) is 5.47. The van der Waals surface area contributed by atoms with Crippen LogP contribution in [0.15, 0.2) is 29.3 Å². The SMILES string of the molecule is CCCCOCCCNC(=NC)NCc1ccccc1CS(=O)(=O)NC(C)C.I. The van der Waals surface area contributed by atoms with Gasteiger partial charge in [-0.05, 0) is 37.8 Å². The maximum atomic E-state index is 12.2. The molecule has 168 valence electrons. The van der Waals surface area contributed by atoms with Gasteiger partial charge in [-0.1, -0.05) is 37.6 Å². The van der Waals surface area contributed by atoms with Crippen molar-refractivity contribution in [3.8, 4) is 0 Å². The van der Waals surface area contributed by atoms with Crippen LogP contribution in [-0.4, -0.2) is 47.2 Å². The smallest absolute Gasteiger partial charge is 0.216 e. The van der Waals surface area contributed by atoms with Crippen LogP contribution in [0.1, 0.15) is 51.2 Å². The summed E-state index contributed by atoms with van der Waals surface area (Å²) in [5.41, 5.74) is 1.71. The predicted molar refractivity (Wildman–Crippen MR) is 131 cm³/mol. The third kappa shape index (κ3) is 13.1. The number of unbranched alkanes of at least 4 members (excludes halogenated alkanes) is 1. The maximum absolute atomic E-state index is 12.2. The minimum Gasteiger partial charge on any atom is -0.381 e. The summed E-state index contributed by atoms with van der Waals surface area (Å²) in [6.45, 7) is 8.59. The number of nitrogens with zero attached hydrogens (tertiary/aromatic N) is 1. The molecule has 0 radical (unpaired) electrons. The van der Waals surface area contributed by atoms with Crippen LogP contribution < -0.4 is 15.4 Å². The molecule has 7 nitrogen and oxygen atoms in total. The summed E-state index contributed by atoms with van der Waals surface area (Å²) in [7, 11) is -1.65. The minimum absolute atomic E-state index is 0. The Kier molecular flexibility index (Phi) is 15.4. The average molecular weight is 541 g/mol. The van der Waals surface area contributed by atoms with Crippen LogP contribution in [0, 0.1) is 0 Å². The van der Waals surface area contributed by atoms with E-state index < -0.39 is 10.0 Å². The zero-order chi connectivity index (χ0) is 20.8. The van der Waals surface area contributed by atoms with Crippen molar-refractivity contribution in [2.75, 3.05) is 26.8 Å². The highest BCUT2D eigenvalue weighted by Gasteiger charge is 2.15. The van der Waals surface area contributed by atoms with Crippen molar-refractivity contribution in [2.45, 2.75) is 58.4 Å². The molecule has 0 aromatic heterocycles. The second-order valence-corrected chi connectivity index (χ2v) is 8.73. The monoisotopic (exact) mass is 540 g/mol. The quantitative estimate of drug-likeness (QED) is 0.155. The van der Waals surface area contributed by atoms with Crippen molar-refractivity contribution in [1.82, 2.24) is 15.4 Å². The van der Waals surface area contributed by atoms with Crippen molar-refractivity contribution in [3.05, 3.63) is 35.4 Å². The minimum atomic E-state index is -3.37. The first-order valence-corrected chi connectivity index (χ1v) is 11.6. The molecule has 0 saturated carbocycles. The van der Waals surface area contributed by atoms with Gasteiger partial charge in [0, 0.05) is 39.4 Å². The Labute approximate surface area is 193 Å². The molecule has 0 amide bonds. The topological polar surface area (TPSA) is 91.8 Å². The summed E-state index contributed by atoms with van der Waals surface area (Å²) in [6, 6.07) is 7.43. The van der Waals surface area contributed by atoms with E-state index in [1.165, 1.54) is 0 Å². The van der Waals surface area contributed by atoms with E-state index in [1.54, 1.807) is 7.05 Å². The summed E-state index contributed by atoms with van der Waals surface area (Å²) >= 11 is 0. The first-order valence-electron chi connectivity index (χ1n) is 9.97. The molecule has 0 fully saturated rings. The number of guanidine groups is 1. The molecule has 1 aromatic carbocycles. The van der Waals surface area contributed by atoms with Crippen molar-refractivity contribution < 1.29 is 13.2 Å². The maximum Gasteiger partial charge on any atom is 0.216 e. The number of benzene rings is 1. The first kappa shape index (κ1) is 28.1. The van der Waals surface area contributed by atoms with Crippen molar-refractivity contribution in [2.24, 2.45) is 4.99 Å². The number of sulfonamides is 1. The van der Waals surface area contributed by atoms with Crippen molar-refractivity contribution in [1.29, 1.82) is 0 Å². The lowest BCUT2D eigenvalue weighted by atomic mass is 10.1. The number of nitrogens with one attached hydrogen (secondary N) is 3. The van der Waals surface area contributed by atoms with Crippen LogP contribution >= 0.6 is 24.0 Å². The molecule has 0 aliphatic heterocycles. The lowest BCUT2D eigenvalue weighted by Crippen LogP contribution is -2.38. The van der Waals surface area contributed by atoms with Crippen LogP contribution in [0.25, 0.3) is 0 Å². The third-order valence-electron chi connectivity index (χ3n) is 3.95. The number of hydrogen-bond acceptors (Lipinski definition) is 4. The molecular weight excluding hydrogens is 503 g/mol. The number of hydrogen-bond donors (Lipinski definition) is 3. The second kappa shape index (κ2) is 15.9. The van der Waals surface area contributed by atoms with E-state index in [4.69, 9.17) is 4.74 Å². The Morgan fingerprint density at radius 3 is 2.38 bits per heavy atom. The fourth-order valence-electron chi connectivity index (χ4n) is 2.61. The number of rotatable bonds is 13. The lowest BCUT2D eigenvalue weighted by Gasteiger charge is -2.15. The Hall–Kier alpha value is -0.910. The second-order valence-electron chi connectivity index (χ2n) is 6.97. The Morgan fingerprint density at radius 2 is 1.76 bits per heavy atom. The molecule has 0 heterocycles. The van der Waals surface area contributed by atoms with Gasteiger partial charge < -0.3 is 15.4 Å². The van der Waals surface area contributed by atoms with E-state index >= 15 is 0 Å². The first-order chi connectivity index (χ1) is 13.4. The van der Waals surface area contributed by atoms with E-state index in [0.29, 0.717) is 12.5 Å². The summed E-state index contributed by atoms with van der Waals surface area (Å²) < 4.78 is 32.7. The molecule has 9 heteroatoms. The molecular formula is C20H37IN4O3S. The summed E-state index contributed by atoms with van der Waals surface area (Å²) in [4.78, 5) is 4.22. The molecule has 0 aliphatic rings. The largest absolute Gasteiger partial charge is 0.381 e. The fraction of sp³-hybridized carbons (Fsp3) is 0.650. The lowest BCUT2D eigenvalue weighted by molar-refractivity contribution is 0.129. The molecule has 0 saturated heterocycles. The van der Waals surface area contributed by atoms with Gasteiger partial charge in [-0.25, -0.2) is 13.1 Å². The predicted octanol–water partition coefficient (Wildman–Crippen LogP) is 3.00. The van der Waals surface area contributed by atoms with Gasteiger partial charge in [0.1, 0.15) is 0 Å². The molecule has 0 bridgehead atoms. The van der Waals surface area contributed by atoms with Gasteiger partial charge in [-0.3, -0.25) is 4.99 Å². The highest BCUT2D eigenvalue weighted by atomic mass is 127. The molecule has 29 heavy (non-hydrogen) atoms. The van der Waals surface area contributed by atoms with Crippen LogP contribution in [0.3, 0.4) is 0 Å². The van der Waals surface area contributed by atoms with Crippen LogP contribution in [0.5, 0.6) is 0 Å². The highest BCUT2D eigenvalue weighted by Crippen LogP contribution is 2.12. The zero-order valence-corrected chi connectivity index (χ0v) is 21.2. The van der Waals surface area contributed by atoms with E-state index in [-0.39, 0.29) is 35.8 Å². The van der Waals surface area contributed by atoms with E-state index in [9.17, 15) is 8.42 Å². The van der Waals surface area contributed by atoms with Gasteiger partial charge in [-0.15, -0.1) is 24.0 Å². The van der Waals surface area contributed by atoms with Crippen LogP contribution in [-0.2, 0) is 27.1 Å². The Morgan fingerprint density at radius 1 is 1.10 bits per heavy atom. The normalized spacial score (nSPS) is 12.0. The molecule has 3 N–H and O–H groups in total. The standard InChI is InChI=1S/C20H36N4O3S.HI/c1-5-6-13-27-14-9-12-22-20(21-4)23-15-18-10-7-8-11-19(18)16-28(25,26)24-17(2)3;/h7-8,10-11,17,24H,5-6,9,12-16H2,1-4H3,(H2,21,22,23);1H. The molecule has 1 rings (SSSR count). The number of aliphatic imine (C=N–C) groups is 1. The molecule has 1 aromatic rings. The van der Waals surface area contributed by atoms with Gasteiger partial charge in [0.05, 0.1) is 5.75 Å². The Balaban J connectivity index is 0.00000784. The van der Waals surface area contributed by atoms with Crippen molar-refractivity contribution >= 4 is 40.0 Å². The van der Waals surface area contributed by atoms with Gasteiger partial charge in [0.25, 0.3) is 0 Å². The van der Waals surface area contributed by atoms with E-state index in [2.05, 4.69) is 27.3 Å². The fourth-order valence-corrected chi connectivity index (χ4v) is 4.10. The van der Waals surface area contributed by atoms with Gasteiger partial charge in [0.2, 0.25) is 10.0 Å². The molecule has 0 unspecified atom stereocenters. The molecule has 0 aliphatic carbocycles. The van der Waals surface area contributed by atoms with Crippen molar-refractivity contribution in [3.63, 3.8) is 0 Å². The van der Waals surface area contributed by atoms with Gasteiger partial charge in [0.15, 0.2) is 5.96 Å². The Bertz CT molecular complexity index is 697. The average Bonchev–Trinajstić information content (AvgIpc) is 2.63. The van der Waals surface area contributed by atoms with Crippen LogP contribution in [0.2, 0.25) is 0 Å². The summed E-state index contributed by atoms with van der Waals surface area (Å²) in [5, 5.41) is 6.50. The van der Waals surface area contributed by atoms with Gasteiger partial charge in [-0.2, -0.15) is 0 Å². The summed E-state index contributed by atoms with van der Waals surface area (Å²) in [6.07, 6.45) is 3.14. The van der Waals surface area contributed by atoms with Crippen LogP contribution in [0.4, 0.5) is 0 Å². The molecule has 0 atom stereocenters. The number of ether oxygens (including phenoxy) is 1. The zero-order valence-electron chi connectivity index (χ0n) is 18.0.